The number of rotatable bonds is 3. The highest BCUT2D eigenvalue weighted by atomic mass is 32.2. The first-order valence-electron chi connectivity index (χ1n) is 5.25. The predicted octanol–water partition coefficient (Wildman–Crippen LogP) is 2.18. The zero-order valence-electron chi connectivity index (χ0n) is 9.75. The summed E-state index contributed by atoms with van der Waals surface area (Å²) in [5, 5.41) is 0. The van der Waals surface area contributed by atoms with Crippen molar-refractivity contribution in [2.45, 2.75) is 4.90 Å². The highest BCUT2D eigenvalue weighted by Gasteiger charge is 2.06. The van der Waals surface area contributed by atoms with Gasteiger partial charge in [-0.05, 0) is 46.5 Å². The largest absolute Gasteiger partial charge is 0.768 e. The average molecular weight is 262 g/mol. The van der Waals surface area contributed by atoms with Gasteiger partial charge in [0.05, 0.1) is 12.0 Å². The maximum absolute atomic E-state index is 11.1. The van der Waals surface area contributed by atoms with Gasteiger partial charge in [-0.15, -0.1) is 0 Å². The second-order valence-electron chi connectivity index (χ2n) is 3.73. The van der Waals surface area contributed by atoms with Crippen LogP contribution in [0.4, 0.5) is 5.69 Å². The van der Waals surface area contributed by atoms with Crippen LogP contribution in [-0.2, 0) is 11.1 Å². The highest BCUT2D eigenvalue weighted by Crippen LogP contribution is 2.29. The van der Waals surface area contributed by atoms with E-state index in [1.54, 1.807) is 30.3 Å². The highest BCUT2D eigenvalue weighted by molar-refractivity contribution is 7.79. The molecular formula is C13H12NO3S-. The Hall–Kier alpha value is -1.85. The Morgan fingerprint density at radius 3 is 2.50 bits per heavy atom. The van der Waals surface area contributed by atoms with E-state index < -0.39 is 11.1 Å². The summed E-state index contributed by atoms with van der Waals surface area (Å²) >= 11 is -2.34. The van der Waals surface area contributed by atoms with Crippen molar-refractivity contribution >= 4 is 16.8 Å². The van der Waals surface area contributed by atoms with Crippen molar-refractivity contribution in [2.75, 3.05) is 12.8 Å². The van der Waals surface area contributed by atoms with Crippen LogP contribution in [0, 0.1) is 0 Å². The summed E-state index contributed by atoms with van der Waals surface area (Å²) in [5.74, 6) is 0.330. The molecule has 5 heteroatoms. The van der Waals surface area contributed by atoms with E-state index in [1.807, 2.05) is 12.1 Å². The van der Waals surface area contributed by atoms with Gasteiger partial charge in [-0.25, -0.2) is 0 Å². The van der Waals surface area contributed by atoms with Crippen molar-refractivity contribution in [2.24, 2.45) is 0 Å². The average Bonchev–Trinajstić information content (AvgIpc) is 2.38. The van der Waals surface area contributed by atoms with E-state index in [1.165, 1.54) is 7.11 Å². The number of anilines is 1. The summed E-state index contributed by atoms with van der Waals surface area (Å²) in [6.45, 7) is 0. The van der Waals surface area contributed by atoms with Gasteiger partial charge in [-0.1, -0.05) is 18.2 Å². The van der Waals surface area contributed by atoms with E-state index in [0.29, 0.717) is 11.4 Å². The Kier molecular flexibility index (Phi) is 3.64. The number of benzene rings is 2. The van der Waals surface area contributed by atoms with Gasteiger partial charge in [0.25, 0.3) is 0 Å². The molecule has 0 aliphatic rings. The monoisotopic (exact) mass is 262 g/mol. The Morgan fingerprint density at radius 1 is 1.17 bits per heavy atom. The third-order valence-corrected chi connectivity index (χ3v) is 3.24. The van der Waals surface area contributed by atoms with Gasteiger partial charge in [0.2, 0.25) is 0 Å². The third-order valence-electron chi connectivity index (χ3n) is 2.56. The first kappa shape index (κ1) is 12.6. The molecule has 1 atom stereocenters. The minimum atomic E-state index is -2.34. The molecule has 0 aromatic heterocycles. The quantitative estimate of drug-likeness (QED) is 0.679. The molecule has 2 aromatic carbocycles. The summed E-state index contributed by atoms with van der Waals surface area (Å²) in [5.41, 5.74) is 7.98. The standard InChI is InChI=1S/C13H13NO3S/c1-17-12-6-5-10(8-13(12)18(15)16)9-3-2-4-11(14)7-9/h2-8H,14H2,1H3,(H,15,16)/p-1. The van der Waals surface area contributed by atoms with Crippen molar-refractivity contribution < 1.29 is 13.5 Å². The van der Waals surface area contributed by atoms with Crippen LogP contribution in [0.2, 0.25) is 0 Å². The smallest absolute Gasteiger partial charge is 0.133 e. The van der Waals surface area contributed by atoms with Crippen molar-refractivity contribution in [3.05, 3.63) is 42.5 Å². The van der Waals surface area contributed by atoms with Crippen LogP contribution >= 0.6 is 0 Å². The molecule has 0 radical (unpaired) electrons. The molecule has 94 valence electrons. The summed E-state index contributed by atoms with van der Waals surface area (Å²) in [6.07, 6.45) is 0. The number of ether oxygens (including phenoxy) is 1. The molecule has 0 saturated carbocycles. The molecule has 0 aliphatic heterocycles. The van der Waals surface area contributed by atoms with Crippen LogP contribution in [-0.4, -0.2) is 15.9 Å². The van der Waals surface area contributed by atoms with E-state index >= 15 is 0 Å². The number of hydrogen-bond acceptors (Lipinski definition) is 4. The lowest BCUT2D eigenvalue weighted by molar-refractivity contribution is 0.401. The van der Waals surface area contributed by atoms with Gasteiger partial charge in [-0.2, -0.15) is 0 Å². The normalized spacial score (nSPS) is 12.1. The molecule has 18 heavy (non-hydrogen) atoms. The van der Waals surface area contributed by atoms with Crippen LogP contribution < -0.4 is 10.5 Å². The molecule has 0 fully saturated rings. The maximum atomic E-state index is 11.1. The summed E-state index contributed by atoms with van der Waals surface area (Å²) in [7, 11) is 1.44. The molecule has 0 heterocycles. The van der Waals surface area contributed by atoms with Gasteiger partial charge in [-0.3, -0.25) is 4.21 Å². The summed E-state index contributed by atoms with van der Waals surface area (Å²) < 4.78 is 27.3. The molecule has 0 spiro atoms. The molecule has 0 amide bonds. The minimum Gasteiger partial charge on any atom is -0.768 e. The fourth-order valence-electron chi connectivity index (χ4n) is 1.70. The predicted molar refractivity (Wildman–Crippen MR) is 70.0 cm³/mol. The minimum absolute atomic E-state index is 0.137. The number of nitrogen functional groups attached to an aromatic ring is 1. The molecule has 2 rings (SSSR count). The lowest BCUT2D eigenvalue weighted by Crippen LogP contribution is -1.95. The van der Waals surface area contributed by atoms with Gasteiger partial charge in [0, 0.05) is 5.69 Å². The summed E-state index contributed by atoms with van der Waals surface area (Å²) in [6, 6.07) is 12.3. The fourth-order valence-corrected chi connectivity index (χ4v) is 2.24. The van der Waals surface area contributed by atoms with Crippen molar-refractivity contribution in [3.8, 4) is 16.9 Å². The Bertz CT molecular complexity index is 599. The van der Waals surface area contributed by atoms with Gasteiger partial charge in [0.15, 0.2) is 0 Å². The Balaban J connectivity index is 2.53. The van der Waals surface area contributed by atoms with Crippen LogP contribution in [0.5, 0.6) is 5.75 Å². The van der Waals surface area contributed by atoms with E-state index in [2.05, 4.69) is 0 Å². The van der Waals surface area contributed by atoms with Gasteiger partial charge >= 0.3 is 0 Å². The molecule has 2 aromatic rings. The zero-order chi connectivity index (χ0) is 13.1. The maximum Gasteiger partial charge on any atom is 0.133 e. The van der Waals surface area contributed by atoms with Crippen LogP contribution in [0.3, 0.4) is 0 Å². The Labute approximate surface area is 108 Å². The van der Waals surface area contributed by atoms with Crippen molar-refractivity contribution in [3.63, 3.8) is 0 Å². The second-order valence-corrected chi connectivity index (χ2v) is 4.64. The second kappa shape index (κ2) is 5.20. The van der Waals surface area contributed by atoms with Crippen molar-refractivity contribution in [1.82, 2.24) is 0 Å². The third kappa shape index (κ3) is 2.52. The number of nitrogens with two attached hydrogens (primary N) is 1. The molecule has 2 N–H and O–H groups in total. The van der Waals surface area contributed by atoms with E-state index in [9.17, 15) is 8.76 Å². The molecule has 4 nitrogen and oxygen atoms in total. The fraction of sp³-hybridized carbons (Fsp3) is 0.0769. The zero-order valence-corrected chi connectivity index (χ0v) is 10.6. The number of methoxy groups -OCH3 is 1. The molecule has 0 aliphatic carbocycles. The lowest BCUT2D eigenvalue weighted by atomic mass is 10.1. The lowest BCUT2D eigenvalue weighted by Gasteiger charge is -2.13. The Morgan fingerprint density at radius 2 is 1.89 bits per heavy atom. The molecular weight excluding hydrogens is 250 g/mol. The molecule has 0 bridgehead atoms. The van der Waals surface area contributed by atoms with E-state index in [-0.39, 0.29) is 4.90 Å². The molecule has 1 unspecified atom stereocenters. The topological polar surface area (TPSA) is 75.4 Å². The van der Waals surface area contributed by atoms with Gasteiger partial charge < -0.3 is 15.0 Å². The first-order chi connectivity index (χ1) is 8.61. The summed E-state index contributed by atoms with van der Waals surface area (Å²) in [4.78, 5) is 0.137. The van der Waals surface area contributed by atoms with Crippen LogP contribution in [0.25, 0.3) is 11.1 Å². The van der Waals surface area contributed by atoms with E-state index in [0.717, 1.165) is 11.1 Å². The van der Waals surface area contributed by atoms with Gasteiger partial charge in [0.1, 0.15) is 5.75 Å². The van der Waals surface area contributed by atoms with Crippen LogP contribution in [0.1, 0.15) is 0 Å². The number of hydrogen-bond donors (Lipinski definition) is 1. The van der Waals surface area contributed by atoms with E-state index in [4.69, 9.17) is 10.5 Å². The molecule has 0 saturated heterocycles. The first-order valence-corrected chi connectivity index (χ1v) is 6.32. The van der Waals surface area contributed by atoms with Crippen molar-refractivity contribution in [1.29, 1.82) is 0 Å². The van der Waals surface area contributed by atoms with Crippen LogP contribution in [0.15, 0.2) is 47.4 Å². The SMILES string of the molecule is COc1ccc(-c2cccc(N)c2)cc1S(=O)[O-].